The van der Waals surface area contributed by atoms with Crippen LogP contribution in [0.3, 0.4) is 0 Å². The predicted octanol–water partition coefficient (Wildman–Crippen LogP) is 7.93. The van der Waals surface area contributed by atoms with Gasteiger partial charge >= 0.3 is 171 Å². The third-order valence-corrected chi connectivity index (χ3v) is 8.95. The molecule has 0 saturated heterocycles. The van der Waals surface area contributed by atoms with Gasteiger partial charge in [-0.2, -0.15) is 0 Å². The zero-order valence-corrected chi connectivity index (χ0v) is 26.6. The molecule has 0 spiro atoms. The summed E-state index contributed by atoms with van der Waals surface area (Å²) in [5.74, 6) is 2.34. The summed E-state index contributed by atoms with van der Waals surface area (Å²) >= 11 is 2.27. The van der Waals surface area contributed by atoms with Gasteiger partial charge in [-0.05, 0) is 34.7 Å². The molecule has 216 valence electrons. The molecule has 0 aliphatic rings. The molecule has 0 unspecified atom stereocenters. The fraction of sp³-hybridized carbons (Fsp3) is 0.143. The molecule has 4 aromatic heterocycles. The first-order valence-corrected chi connectivity index (χ1v) is 15.2. The Morgan fingerprint density at radius 1 is 0.767 bits per heavy atom. The van der Waals surface area contributed by atoms with Crippen molar-refractivity contribution in [2.75, 3.05) is 0 Å². The van der Waals surface area contributed by atoms with Gasteiger partial charge in [0.1, 0.15) is 0 Å². The van der Waals surface area contributed by atoms with E-state index < -0.39 is 0 Å². The molecule has 0 atom stereocenters. The number of hydrogen-bond acceptors (Lipinski definition) is 4. The van der Waals surface area contributed by atoms with Crippen LogP contribution >= 0.6 is 0 Å². The Kier molecular flexibility index (Phi) is 6.70. The summed E-state index contributed by atoms with van der Waals surface area (Å²) in [7, 11) is 1.98. The van der Waals surface area contributed by atoms with E-state index in [9.17, 15) is 0 Å². The summed E-state index contributed by atoms with van der Waals surface area (Å²) in [6.45, 7) is 6.74. The standard InChI is InChI=1S/C35H30N6O.Pt/c1-35(2,3)26-9-12-32-31(18-26)30-11-10-29(42-28-7-5-6-27(19-28)40-23-39(4)22-38-40)20-33(30)41(32)34-13-8-25(21-37-34)24-14-16-36-17-15-24;/h5-22H,1-4H3;. The van der Waals surface area contributed by atoms with Crippen LogP contribution in [0.1, 0.15) is 26.3 Å². The van der Waals surface area contributed by atoms with E-state index in [2.05, 4.69) is 97.2 Å². The summed E-state index contributed by atoms with van der Waals surface area (Å²) in [6, 6.07) is 29.2. The van der Waals surface area contributed by atoms with Crippen LogP contribution in [0.5, 0.6) is 11.5 Å². The van der Waals surface area contributed by atoms with Gasteiger partial charge in [-0.25, -0.2) is 0 Å². The Balaban J connectivity index is 1.35. The van der Waals surface area contributed by atoms with Crippen LogP contribution in [0.25, 0.3) is 44.4 Å². The van der Waals surface area contributed by atoms with Gasteiger partial charge in [0.25, 0.3) is 0 Å². The van der Waals surface area contributed by atoms with E-state index in [1.807, 2.05) is 65.0 Å². The number of rotatable bonds is 5. The monoisotopic (exact) mass is 745 g/mol. The third-order valence-electron chi connectivity index (χ3n) is 7.66. The Bertz CT molecular complexity index is 2170. The van der Waals surface area contributed by atoms with Crippen LogP contribution < -0.4 is 4.74 Å². The van der Waals surface area contributed by atoms with Gasteiger partial charge < -0.3 is 0 Å². The van der Waals surface area contributed by atoms with Crippen LogP contribution in [0, 0.1) is 3.80 Å². The third kappa shape index (κ3) is 5.04. The molecule has 0 N–H and O–H groups in total. The zero-order chi connectivity index (χ0) is 29.7. The fourth-order valence-electron chi connectivity index (χ4n) is 5.36. The van der Waals surface area contributed by atoms with Crippen molar-refractivity contribution < 1.29 is 24.1 Å². The summed E-state index contributed by atoms with van der Waals surface area (Å²) in [5, 5.41) is 6.84. The van der Waals surface area contributed by atoms with Crippen molar-refractivity contribution in [1.29, 1.82) is 0 Å². The van der Waals surface area contributed by atoms with Crippen LogP contribution in [0.15, 0.2) is 110 Å². The van der Waals surface area contributed by atoms with Crippen LogP contribution in [0.4, 0.5) is 0 Å². The number of benzene rings is 3. The van der Waals surface area contributed by atoms with Gasteiger partial charge in [-0.3, -0.25) is 4.98 Å². The number of nitrogens with zero attached hydrogens (tertiary/aromatic N) is 6. The van der Waals surface area contributed by atoms with E-state index in [0.29, 0.717) is 0 Å². The van der Waals surface area contributed by atoms with Crippen molar-refractivity contribution in [2.24, 2.45) is 7.05 Å². The minimum atomic E-state index is 0.0323. The van der Waals surface area contributed by atoms with Crippen molar-refractivity contribution >= 4 is 21.8 Å². The van der Waals surface area contributed by atoms with E-state index in [0.717, 1.165) is 54.4 Å². The average molecular weight is 746 g/mol. The van der Waals surface area contributed by atoms with Crippen LogP contribution in [0.2, 0.25) is 0 Å². The second kappa shape index (κ2) is 10.6. The van der Waals surface area contributed by atoms with Crippen molar-refractivity contribution in [3.8, 4) is 34.1 Å². The van der Waals surface area contributed by atoms with Gasteiger partial charge in [0.15, 0.2) is 0 Å². The van der Waals surface area contributed by atoms with Gasteiger partial charge in [0.05, 0.1) is 0 Å². The first kappa shape index (κ1) is 27.2. The van der Waals surface area contributed by atoms with Crippen molar-refractivity contribution in [2.45, 2.75) is 26.2 Å². The number of fused-ring (bicyclic) bond motifs is 3. The number of ether oxygens (including phenoxy) is 1. The summed E-state index contributed by atoms with van der Waals surface area (Å²) in [6.07, 6.45) is 7.33. The second-order valence-electron chi connectivity index (χ2n) is 11.6. The van der Waals surface area contributed by atoms with Gasteiger partial charge in [0, 0.05) is 24.2 Å². The number of aromatic nitrogens is 6. The molecular formula is C35H30N6OPt. The molecule has 7 aromatic rings. The predicted molar refractivity (Wildman–Crippen MR) is 166 cm³/mol. The average Bonchev–Trinajstić information content (AvgIpc) is 3.52. The number of pyridine rings is 2. The molecule has 0 radical (unpaired) electrons. The molecule has 0 amide bonds. The topological polar surface area (TPSA) is 62.7 Å². The van der Waals surface area contributed by atoms with Crippen molar-refractivity contribution in [3.63, 3.8) is 0 Å². The maximum atomic E-state index is 6.45. The summed E-state index contributed by atoms with van der Waals surface area (Å²) < 4.78 is 13.5. The molecule has 4 heterocycles. The maximum absolute atomic E-state index is 6.45. The Hall–Kier alpha value is -4.61. The molecule has 7 rings (SSSR count). The minimum absolute atomic E-state index is 0.0323. The van der Waals surface area contributed by atoms with E-state index in [4.69, 9.17) is 9.72 Å². The van der Waals surface area contributed by atoms with Crippen molar-refractivity contribution in [3.05, 3.63) is 119 Å². The molecule has 0 aliphatic heterocycles. The molecule has 43 heavy (non-hydrogen) atoms. The second-order valence-corrected chi connectivity index (χ2v) is 12.6. The molecule has 7 nitrogen and oxygen atoms in total. The van der Waals surface area contributed by atoms with E-state index in [-0.39, 0.29) is 5.41 Å². The van der Waals surface area contributed by atoms with Crippen LogP contribution in [-0.4, -0.2) is 28.9 Å². The molecule has 0 saturated carbocycles. The SMILES string of the molecule is Cn1cnn(-c2cccc(Oc3ccc4c5cc(C(C)(C)C)ccc5n(-c5ccc(-c6ccncc6)cn5)c4c3)c2)[c]1=[Pt]. The van der Waals surface area contributed by atoms with Gasteiger partial charge in [0.2, 0.25) is 0 Å². The Morgan fingerprint density at radius 2 is 1.58 bits per heavy atom. The summed E-state index contributed by atoms with van der Waals surface area (Å²) in [5.41, 5.74) is 6.53. The van der Waals surface area contributed by atoms with Gasteiger partial charge in [-0.1, -0.05) is 26.8 Å². The van der Waals surface area contributed by atoms with Gasteiger partial charge in [-0.15, -0.1) is 0 Å². The van der Waals surface area contributed by atoms with E-state index >= 15 is 0 Å². The van der Waals surface area contributed by atoms with E-state index in [1.54, 1.807) is 18.7 Å². The number of aryl methyl sites for hydroxylation is 1. The van der Waals surface area contributed by atoms with Crippen molar-refractivity contribution in [1.82, 2.24) is 28.9 Å². The fourth-order valence-corrected chi connectivity index (χ4v) is 5.91. The molecular weight excluding hydrogens is 716 g/mol. The molecule has 0 aliphatic carbocycles. The Labute approximate surface area is 260 Å². The Morgan fingerprint density at radius 3 is 2.30 bits per heavy atom. The quantitative estimate of drug-likeness (QED) is 0.180. The molecule has 3 aromatic carbocycles. The zero-order valence-electron chi connectivity index (χ0n) is 24.3. The molecule has 0 fully saturated rings. The first-order valence-electron chi connectivity index (χ1n) is 14.1. The van der Waals surface area contributed by atoms with Crippen LogP contribution in [-0.2, 0) is 31.8 Å². The summed E-state index contributed by atoms with van der Waals surface area (Å²) in [4.78, 5) is 9.07. The normalized spacial score (nSPS) is 11.9. The molecule has 8 heteroatoms. The molecule has 0 bridgehead atoms. The van der Waals surface area contributed by atoms with E-state index in [1.165, 1.54) is 10.9 Å². The number of hydrogen-bond donors (Lipinski definition) is 0. The first-order chi connectivity index (χ1) is 20.8.